The van der Waals surface area contributed by atoms with Crippen LogP contribution in [-0.4, -0.2) is 73.2 Å². The Morgan fingerprint density at radius 3 is 2.15 bits per heavy atom. The maximum Gasteiger partial charge on any atom is 0.573 e. The monoisotopic (exact) mass is 464 g/mol. The summed E-state index contributed by atoms with van der Waals surface area (Å²) in [6.45, 7) is 1.75. The lowest BCUT2D eigenvalue weighted by Crippen LogP contribution is -2.52. The fourth-order valence-electron chi connectivity index (χ4n) is 3.26. The molecule has 11 heteroatoms. The number of hydrogen-bond donors (Lipinski definition) is 2. The summed E-state index contributed by atoms with van der Waals surface area (Å²) in [6.07, 6.45) is -4.78. The zero-order chi connectivity index (χ0) is 23.8. The molecule has 8 nitrogen and oxygen atoms in total. The van der Waals surface area contributed by atoms with Gasteiger partial charge in [-0.3, -0.25) is 19.3 Å². The molecule has 0 saturated carbocycles. The molecule has 2 aromatic rings. The maximum atomic E-state index is 12.4. The minimum Gasteiger partial charge on any atom is -0.406 e. The van der Waals surface area contributed by atoms with E-state index in [1.807, 2.05) is 4.90 Å². The van der Waals surface area contributed by atoms with Gasteiger partial charge in [0.15, 0.2) is 0 Å². The smallest absolute Gasteiger partial charge is 0.406 e. The molecular formula is C22H23F3N4O4. The Morgan fingerprint density at radius 1 is 0.909 bits per heavy atom. The van der Waals surface area contributed by atoms with E-state index in [1.54, 1.807) is 35.2 Å². The number of nitrogens with zero attached hydrogens (tertiary/aromatic N) is 2. The van der Waals surface area contributed by atoms with Crippen LogP contribution in [0.4, 0.5) is 18.9 Å². The van der Waals surface area contributed by atoms with Gasteiger partial charge in [0.2, 0.25) is 11.8 Å². The normalized spacial score (nSPS) is 14.5. The molecule has 1 aliphatic heterocycles. The first kappa shape index (κ1) is 24.1. The largest absolute Gasteiger partial charge is 0.573 e. The molecule has 1 aliphatic rings. The standard InChI is InChI=1S/C22H23F3N4O4/c23-22(24,25)33-18-8-6-17(7-9-18)27-19(30)15-28-10-12-29(13-11-28)20(31)14-26-21(32)16-4-2-1-3-5-16/h1-9H,10-15H2,(H,26,32)(H,27,30). The summed E-state index contributed by atoms with van der Waals surface area (Å²) < 4.78 is 40.4. The van der Waals surface area contributed by atoms with E-state index in [9.17, 15) is 27.6 Å². The number of rotatable bonds is 7. The van der Waals surface area contributed by atoms with Gasteiger partial charge in [-0.2, -0.15) is 0 Å². The van der Waals surface area contributed by atoms with Crippen molar-refractivity contribution in [3.05, 3.63) is 60.2 Å². The van der Waals surface area contributed by atoms with Crippen molar-refractivity contribution < 1.29 is 32.3 Å². The Hall–Kier alpha value is -3.60. The molecular weight excluding hydrogens is 441 g/mol. The number of carbonyl (C=O) groups is 3. The van der Waals surface area contributed by atoms with Crippen LogP contribution in [0.15, 0.2) is 54.6 Å². The van der Waals surface area contributed by atoms with E-state index in [2.05, 4.69) is 15.4 Å². The number of anilines is 1. The van der Waals surface area contributed by atoms with Crippen LogP contribution in [0.1, 0.15) is 10.4 Å². The second-order valence-electron chi connectivity index (χ2n) is 7.33. The van der Waals surface area contributed by atoms with E-state index in [4.69, 9.17) is 0 Å². The highest BCUT2D eigenvalue weighted by atomic mass is 19.4. The van der Waals surface area contributed by atoms with Crippen LogP contribution in [0.2, 0.25) is 0 Å². The van der Waals surface area contributed by atoms with Crippen molar-refractivity contribution in [3.8, 4) is 5.75 Å². The van der Waals surface area contributed by atoms with E-state index < -0.39 is 6.36 Å². The Morgan fingerprint density at radius 2 is 1.55 bits per heavy atom. The van der Waals surface area contributed by atoms with Crippen LogP contribution in [0.5, 0.6) is 5.75 Å². The molecule has 0 atom stereocenters. The number of benzene rings is 2. The summed E-state index contributed by atoms with van der Waals surface area (Å²) in [5.41, 5.74) is 0.821. The number of halogens is 3. The van der Waals surface area contributed by atoms with Gasteiger partial charge in [0, 0.05) is 37.4 Å². The highest BCUT2D eigenvalue weighted by molar-refractivity contribution is 5.96. The second-order valence-corrected chi connectivity index (χ2v) is 7.33. The maximum absolute atomic E-state index is 12.4. The summed E-state index contributed by atoms with van der Waals surface area (Å²) in [5, 5.41) is 5.22. The molecule has 0 aliphatic carbocycles. The number of nitrogens with one attached hydrogen (secondary N) is 2. The van der Waals surface area contributed by atoms with Crippen LogP contribution in [-0.2, 0) is 9.59 Å². The molecule has 1 heterocycles. The fourth-order valence-corrected chi connectivity index (χ4v) is 3.26. The number of carbonyl (C=O) groups excluding carboxylic acids is 3. The third kappa shape index (κ3) is 7.79. The first-order valence-corrected chi connectivity index (χ1v) is 10.2. The summed E-state index contributed by atoms with van der Waals surface area (Å²) in [4.78, 5) is 40.1. The van der Waals surface area contributed by atoms with Gasteiger partial charge in [-0.1, -0.05) is 18.2 Å². The molecule has 2 N–H and O–H groups in total. The van der Waals surface area contributed by atoms with Gasteiger partial charge in [-0.05, 0) is 36.4 Å². The molecule has 0 unspecified atom stereocenters. The Balaban J connectivity index is 1.37. The Bertz CT molecular complexity index is 960. The first-order chi connectivity index (χ1) is 15.7. The molecule has 1 fully saturated rings. The molecule has 0 aromatic heterocycles. The van der Waals surface area contributed by atoms with Crippen LogP contribution in [0.25, 0.3) is 0 Å². The zero-order valence-corrected chi connectivity index (χ0v) is 17.6. The predicted octanol–water partition coefficient (Wildman–Crippen LogP) is 2.10. The molecule has 2 aromatic carbocycles. The fraction of sp³-hybridized carbons (Fsp3) is 0.318. The van der Waals surface area contributed by atoms with Gasteiger partial charge >= 0.3 is 6.36 Å². The highest BCUT2D eigenvalue weighted by Gasteiger charge is 2.31. The number of alkyl halides is 3. The Kier molecular flexibility index (Phi) is 7.88. The average Bonchev–Trinajstić information content (AvgIpc) is 2.78. The van der Waals surface area contributed by atoms with Crippen molar-refractivity contribution in [2.24, 2.45) is 0 Å². The second kappa shape index (κ2) is 10.8. The van der Waals surface area contributed by atoms with Crippen LogP contribution < -0.4 is 15.4 Å². The van der Waals surface area contributed by atoms with Crippen LogP contribution in [0.3, 0.4) is 0 Å². The van der Waals surface area contributed by atoms with Crippen molar-refractivity contribution in [1.82, 2.24) is 15.1 Å². The van der Waals surface area contributed by atoms with Gasteiger partial charge < -0.3 is 20.3 Å². The summed E-state index contributed by atoms with van der Waals surface area (Å²) >= 11 is 0. The molecule has 1 saturated heterocycles. The van der Waals surface area contributed by atoms with Gasteiger partial charge in [0.05, 0.1) is 13.1 Å². The first-order valence-electron chi connectivity index (χ1n) is 10.2. The van der Waals surface area contributed by atoms with E-state index in [1.165, 1.54) is 12.1 Å². The van der Waals surface area contributed by atoms with Crippen molar-refractivity contribution in [3.63, 3.8) is 0 Å². The number of ether oxygens (including phenoxy) is 1. The molecule has 3 rings (SSSR count). The molecule has 3 amide bonds. The van der Waals surface area contributed by atoms with Crippen molar-refractivity contribution in [2.75, 3.05) is 44.6 Å². The lowest BCUT2D eigenvalue weighted by atomic mass is 10.2. The SMILES string of the molecule is O=C(CN1CCN(C(=O)CNC(=O)c2ccccc2)CC1)Nc1ccc(OC(F)(F)F)cc1. The van der Waals surface area contributed by atoms with Crippen molar-refractivity contribution in [2.45, 2.75) is 6.36 Å². The highest BCUT2D eigenvalue weighted by Crippen LogP contribution is 2.23. The molecule has 0 spiro atoms. The lowest BCUT2D eigenvalue weighted by molar-refractivity contribution is -0.274. The van der Waals surface area contributed by atoms with Gasteiger partial charge in [-0.15, -0.1) is 13.2 Å². The van der Waals surface area contributed by atoms with Gasteiger partial charge in [0.25, 0.3) is 5.91 Å². The van der Waals surface area contributed by atoms with Gasteiger partial charge in [0.1, 0.15) is 5.75 Å². The average molecular weight is 464 g/mol. The minimum atomic E-state index is -4.78. The van der Waals surface area contributed by atoms with E-state index in [0.29, 0.717) is 37.4 Å². The molecule has 0 bridgehead atoms. The minimum absolute atomic E-state index is 0.0770. The lowest BCUT2D eigenvalue weighted by Gasteiger charge is -2.34. The Labute approximate surface area is 188 Å². The molecule has 33 heavy (non-hydrogen) atoms. The number of piperazine rings is 1. The zero-order valence-electron chi connectivity index (χ0n) is 17.6. The van der Waals surface area contributed by atoms with E-state index in [0.717, 1.165) is 12.1 Å². The molecule has 176 valence electrons. The predicted molar refractivity (Wildman–Crippen MR) is 114 cm³/mol. The van der Waals surface area contributed by atoms with E-state index in [-0.39, 0.29) is 36.6 Å². The third-order valence-electron chi connectivity index (χ3n) is 4.90. The number of hydrogen-bond acceptors (Lipinski definition) is 5. The third-order valence-corrected chi connectivity index (χ3v) is 4.90. The topological polar surface area (TPSA) is 91.0 Å². The summed E-state index contributed by atoms with van der Waals surface area (Å²) in [5.74, 6) is -1.22. The number of amides is 3. The quantitative estimate of drug-likeness (QED) is 0.655. The summed E-state index contributed by atoms with van der Waals surface area (Å²) in [6, 6.07) is 13.5. The van der Waals surface area contributed by atoms with Crippen molar-refractivity contribution in [1.29, 1.82) is 0 Å². The van der Waals surface area contributed by atoms with Crippen LogP contribution in [0, 0.1) is 0 Å². The van der Waals surface area contributed by atoms with Crippen LogP contribution >= 0.6 is 0 Å². The van der Waals surface area contributed by atoms with E-state index >= 15 is 0 Å². The van der Waals surface area contributed by atoms with Crippen molar-refractivity contribution >= 4 is 23.4 Å². The summed E-state index contributed by atoms with van der Waals surface area (Å²) in [7, 11) is 0. The van der Waals surface area contributed by atoms with Gasteiger partial charge in [-0.25, -0.2) is 0 Å². The molecule has 0 radical (unpaired) electrons.